The zero-order valence-corrected chi connectivity index (χ0v) is 15.6. The summed E-state index contributed by atoms with van der Waals surface area (Å²) in [7, 11) is 1.41. The van der Waals surface area contributed by atoms with Crippen LogP contribution < -0.4 is 4.74 Å². The van der Waals surface area contributed by atoms with Crippen molar-refractivity contribution in [2.75, 3.05) is 7.11 Å². The SMILES string of the molecule is COc1cc(/C(C)=N/OC(C)(C)C(=O)OC(C)(C)C)cc([N+](=O)[O-])c1. The predicted molar refractivity (Wildman–Crippen MR) is 92.9 cm³/mol. The van der Waals surface area contributed by atoms with E-state index in [9.17, 15) is 14.9 Å². The zero-order chi connectivity index (χ0) is 19.4. The van der Waals surface area contributed by atoms with Gasteiger partial charge in [0.05, 0.1) is 23.8 Å². The van der Waals surface area contributed by atoms with Crippen molar-refractivity contribution in [2.24, 2.45) is 5.16 Å². The lowest BCUT2D eigenvalue weighted by Crippen LogP contribution is -2.40. The van der Waals surface area contributed by atoms with Gasteiger partial charge in [0.25, 0.3) is 5.69 Å². The molecule has 0 unspecified atom stereocenters. The highest BCUT2D eigenvalue weighted by Gasteiger charge is 2.35. The molecular weight excluding hydrogens is 328 g/mol. The third kappa shape index (κ3) is 6.06. The fraction of sp³-hybridized carbons (Fsp3) is 0.529. The van der Waals surface area contributed by atoms with Crippen molar-refractivity contribution >= 4 is 17.4 Å². The summed E-state index contributed by atoms with van der Waals surface area (Å²) in [4.78, 5) is 28.0. The Bertz CT molecular complexity index is 689. The number of nitrogens with zero attached hydrogens (tertiary/aromatic N) is 2. The standard InChI is InChI=1S/C17H24N2O6/c1-11(12-8-13(19(21)22)10-14(9-12)23-7)18-25-17(5,6)15(20)24-16(2,3)4/h8-10H,1-7H3/b18-11+. The normalized spacial score (nSPS) is 12.5. The number of carbonyl (C=O) groups excluding carboxylic acids is 1. The molecule has 0 heterocycles. The molecule has 0 spiro atoms. The van der Waals surface area contributed by atoms with Gasteiger partial charge in [0.1, 0.15) is 11.4 Å². The Morgan fingerprint density at radius 2 is 1.76 bits per heavy atom. The fourth-order valence-corrected chi connectivity index (χ4v) is 1.69. The number of benzene rings is 1. The molecule has 0 atom stereocenters. The van der Waals surface area contributed by atoms with Crippen LogP contribution >= 0.6 is 0 Å². The van der Waals surface area contributed by atoms with Gasteiger partial charge in [-0.3, -0.25) is 10.1 Å². The average molecular weight is 352 g/mol. The Morgan fingerprint density at radius 1 is 1.16 bits per heavy atom. The first-order chi connectivity index (χ1) is 11.4. The lowest BCUT2D eigenvalue weighted by atomic mass is 10.1. The topological polar surface area (TPSA) is 100 Å². The van der Waals surface area contributed by atoms with Gasteiger partial charge < -0.3 is 14.3 Å². The Balaban J connectivity index is 3.03. The fourth-order valence-electron chi connectivity index (χ4n) is 1.69. The molecule has 8 nitrogen and oxygen atoms in total. The average Bonchev–Trinajstić information content (AvgIpc) is 2.50. The van der Waals surface area contributed by atoms with Gasteiger partial charge in [-0.1, -0.05) is 5.16 Å². The van der Waals surface area contributed by atoms with Crippen LogP contribution in [-0.4, -0.2) is 34.9 Å². The number of rotatable bonds is 6. The maximum Gasteiger partial charge on any atom is 0.353 e. The number of carbonyl (C=O) groups is 1. The number of nitro groups is 1. The third-order valence-corrected chi connectivity index (χ3v) is 3.06. The summed E-state index contributed by atoms with van der Waals surface area (Å²) >= 11 is 0. The van der Waals surface area contributed by atoms with Gasteiger partial charge in [-0.15, -0.1) is 0 Å². The molecular formula is C17H24N2O6. The van der Waals surface area contributed by atoms with Crippen LogP contribution in [0.3, 0.4) is 0 Å². The quantitative estimate of drug-likeness (QED) is 0.336. The number of hydrogen-bond acceptors (Lipinski definition) is 7. The molecule has 0 aliphatic carbocycles. The zero-order valence-electron chi connectivity index (χ0n) is 15.6. The van der Waals surface area contributed by atoms with E-state index in [0.29, 0.717) is 17.0 Å². The van der Waals surface area contributed by atoms with E-state index in [2.05, 4.69) is 5.16 Å². The molecule has 0 aromatic heterocycles. The number of esters is 1. The molecule has 1 aromatic carbocycles. The summed E-state index contributed by atoms with van der Waals surface area (Å²) < 4.78 is 10.3. The van der Waals surface area contributed by atoms with Gasteiger partial charge in [-0.2, -0.15) is 0 Å². The van der Waals surface area contributed by atoms with Crippen LogP contribution in [0.25, 0.3) is 0 Å². The highest BCUT2D eigenvalue weighted by molar-refractivity contribution is 5.99. The van der Waals surface area contributed by atoms with Crippen LogP contribution in [-0.2, 0) is 14.4 Å². The summed E-state index contributed by atoms with van der Waals surface area (Å²) in [5, 5.41) is 14.9. The summed E-state index contributed by atoms with van der Waals surface area (Å²) in [5.41, 5.74) is -1.27. The van der Waals surface area contributed by atoms with Crippen molar-refractivity contribution in [2.45, 2.75) is 52.7 Å². The van der Waals surface area contributed by atoms with Gasteiger partial charge in [-0.05, 0) is 47.6 Å². The van der Waals surface area contributed by atoms with Crippen molar-refractivity contribution in [3.05, 3.63) is 33.9 Å². The Morgan fingerprint density at radius 3 is 2.24 bits per heavy atom. The third-order valence-electron chi connectivity index (χ3n) is 3.06. The summed E-state index contributed by atoms with van der Waals surface area (Å²) in [6, 6.07) is 4.25. The number of methoxy groups -OCH3 is 1. The summed E-state index contributed by atoms with van der Waals surface area (Å²) in [6.45, 7) is 9.95. The smallest absolute Gasteiger partial charge is 0.353 e. The Hall–Kier alpha value is -2.64. The largest absolute Gasteiger partial charge is 0.496 e. The van der Waals surface area contributed by atoms with Crippen molar-refractivity contribution in [1.29, 1.82) is 0 Å². The van der Waals surface area contributed by atoms with E-state index >= 15 is 0 Å². The van der Waals surface area contributed by atoms with Crippen molar-refractivity contribution in [3.63, 3.8) is 0 Å². The second kappa shape index (κ2) is 7.50. The van der Waals surface area contributed by atoms with Crippen LogP contribution in [0.2, 0.25) is 0 Å². The van der Waals surface area contributed by atoms with Crippen LogP contribution in [0, 0.1) is 10.1 Å². The molecule has 0 amide bonds. The minimum atomic E-state index is -1.31. The molecule has 0 aliphatic rings. The number of non-ortho nitro benzene ring substituents is 1. The molecule has 0 N–H and O–H groups in total. The monoisotopic (exact) mass is 352 g/mol. The molecule has 0 saturated carbocycles. The van der Waals surface area contributed by atoms with Gasteiger partial charge in [-0.25, -0.2) is 4.79 Å². The molecule has 0 bridgehead atoms. The first kappa shape index (κ1) is 20.4. The van der Waals surface area contributed by atoms with Gasteiger partial charge >= 0.3 is 5.97 Å². The van der Waals surface area contributed by atoms with E-state index in [1.54, 1.807) is 33.8 Å². The lowest BCUT2D eigenvalue weighted by Gasteiger charge is -2.26. The molecule has 0 aliphatic heterocycles. The number of nitro benzene ring substituents is 1. The van der Waals surface area contributed by atoms with E-state index in [1.807, 2.05) is 0 Å². The summed E-state index contributed by atoms with van der Waals surface area (Å²) in [5.74, 6) is -0.238. The first-order valence-electron chi connectivity index (χ1n) is 7.66. The highest BCUT2D eigenvalue weighted by Crippen LogP contribution is 2.24. The van der Waals surface area contributed by atoms with E-state index in [4.69, 9.17) is 14.3 Å². The molecule has 8 heteroatoms. The van der Waals surface area contributed by atoms with E-state index < -0.39 is 22.1 Å². The molecule has 138 valence electrons. The van der Waals surface area contributed by atoms with E-state index in [1.165, 1.54) is 33.1 Å². The molecule has 0 saturated heterocycles. The van der Waals surface area contributed by atoms with Crippen LogP contribution in [0.4, 0.5) is 5.69 Å². The molecule has 1 rings (SSSR count). The van der Waals surface area contributed by atoms with Crippen molar-refractivity contribution in [1.82, 2.24) is 0 Å². The van der Waals surface area contributed by atoms with Crippen LogP contribution in [0.5, 0.6) is 5.75 Å². The number of oxime groups is 1. The van der Waals surface area contributed by atoms with Gasteiger partial charge in [0.2, 0.25) is 5.60 Å². The van der Waals surface area contributed by atoms with E-state index in [-0.39, 0.29) is 5.69 Å². The van der Waals surface area contributed by atoms with E-state index in [0.717, 1.165) is 0 Å². The van der Waals surface area contributed by atoms with Gasteiger partial charge in [0, 0.05) is 11.6 Å². The van der Waals surface area contributed by atoms with Crippen LogP contribution in [0.15, 0.2) is 23.4 Å². The first-order valence-corrected chi connectivity index (χ1v) is 7.66. The predicted octanol–water partition coefficient (Wildman–Crippen LogP) is 3.46. The maximum atomic E-state index is 12.1. The maximum absolute atomic E-state index is 12.1. The molecule has 1 aromatic rings. The highest BCUT2D eigenvalue weighted by atomic mass is 16.7. The van der Waals surface area contributed by atoms with Crippen molar-refractivity contribution in [3.8, 4) is 5.75 Å². The Kier molecular flexibility index (Phi) is 6.12. The van der Waals surface area contributed by atoms with Crippen molar-refractivity contribution < 1.29 is 24.0 Å². The van der Waals surface area contributed by atoms with Gasteiger partial charge in [0.15, 0.2) is 0 Å². The molecule has 25 heavy (non-hydrogen) atoms. The molecule has 0 fully saturated rings. The lowest BCUT2D eigenvalue weighted by molar-refractivity contribution is -0.384. The number of ether oxygens (including phenoxy) is 2. The number of hydrogen-bond donors (Lipinski definition) is 0. The van der Waals surface area contributed by atoms with Crippen LogP contribution in [0.1, 0.15) is 47.1 Å². The second-order valence-electron chi connectivity index (χ2n) is 6.96. The molecule has 0 radical (unpaired) electrons. The minimum Gasteiger partial charge on any atom is -0.496 e. The second-order valence-corrected chi connectivity index (χ2v) is 6.96. The minimum absolute atomic E-state index is 0.129. The Labute approximate surface area is 146 Å². The summed E-state index contributed by atoms with van der Waals surface area (Å²) in [6.07, 6.45) is 0.